The lowest BCUT2D eigenvalue weighted by Crippen LogP contribution is -2.00. The molecule has 0 aliphatic rings. The predicted molar refractivity (Wildman–Crippen MR) is 68.4 cm³/mol. The molecule has 1 atom stereocenters. The molecule has 0 heterocycles. The van der Waals surface area contributed by atoms with E-state index in [2.05, 4.69) is 18.6 Å². The summed E-state index contributed by atoms with van der Waals surface area (Å²) in [5.41, 5.74) is 0. The fourth-order valence-electron chi connectivity index (χ4n) is 1.93. The number of carbonyl (C=O) groups excluding carboxylic acids is 1. The zero-order chi connectivity index (χ0) is 12.2. The monoisotopic (exact) mass is 228 g/mol. The third-order valence-corrected chi connectivity index (χ3v) is 3.11. The van der Waals surface area contributed by atoms with E-state index in [0.29, 0.717) is 6.42 Å². The molecule has 2 heteroatoms. The van der Waals surface area contributed by atoms with Crippen molar-refractivity contribution in [1.82, 2.24) is 0 Å². The van der Waals surface area contributed by atoms with Gasteiger partial charge in [0.15, 0.2) is 0 Å². The van der Waals surface area contributed by atoms with Crippen molar-refractivity contribution in [3.63, 3.8) is 0 Å². The molecular formula is C14H28O2. The second-order valence-corrected chi connectivity index (χ2v) is 4.78. The third kappa shape index (κ3) is 10.0. The lowest BCUT2D eigenvalue weighted by atomic mass is 9.97. The molecule has 0 saturated carbocycles. The molecule has 0 rings (SSSR count). The topological polar surface area (TPSA) is 26.3 Å². The first-order valence-electron chi connectivity index (χ1n) is 6.77. The lowest BCUT2D eigenvalue weighted by Gasteiger charge is -2.10. The van der Waals surface area contributed by atoms with Gasteiger partial charge in [-0.1, -0.05) is 58.8 Å². The van der Waals surface area contributed by atoms with Crippen LogP contribution in [0.2, 0.25) is 0 Å². The minimum absolute atomic E-state index is 0.0732. The maximum absolute atomic E-state index is 10.9. The van der Waals surface area contributed by atoms with Crippen molar-refractivity contribution >= 4 is 5.97 Å². The Morgan fingerprint density at radius 3 is 2.25 bits per heavy atom. The Labute approximate surface area is 101 Å². The Hall–Kier alpha value is -0.530. The Kier molecular flexibility index (Phi) is 10.6. The second-order valence-electron chi connectivity index (χ2n) is 4.78. The molecule has 1 unspecified atom stereocenters. The molecule has 0 amide bonds. The SMILES string of the molecule is CCCCCC(C)CCCCCC(=O)OC. The van der Waals surface area contributed by atoms with E-state index in [4.69, 9.17) is 0 Å². The molecule has 0 aromatic rings. The molecular weight excluding hydrogens is 200 g/mol. The minimum Gasteiger partial charge on any atom is -0.469 e. The van der Waals surface area contributed by atoms with Crippen molar-refractivity contribution in [2.24, 2.45) is 5.92 Å². The minimum atomic E-state index is -0.0732. The number of esters is 1. The summed E-state index contributed by atoms with van der Waals surface area (Å²) in [7, 11) is 1.46. The first-order valence-corrected chi connectivity index (χ1v) is 6.77. The van der Waals surface area contributed by atoms with Crippen LogP contribution in [0.3, 0.4) is 0 Å². The van der Waals surface area contributed by atoms with Crippen LogP contribution in [0.25, 0.3) is 0 Å². The zero-order valence-electron chi connectivity index (χ0n) is 11.3. The lowest BCUT2D eigenvalue weighted by molar-refractivity contribution is -0.140. The number of rotatable bonds is 10. The molecule has 0 N–H and O–H groups in total. The summed E-state index contributed by atoms with van der Waals surface area (Å²) in [4.78, 5) is 10.9. The van der Waals surface area contributed by atoms with Crippen molar-refractivity contribution in [2.45, 2.75) is 71.6 Å². The van der Waals surface area contributed by atoms with Gasteiger partial charge in [-0.15, -0.1) is 0 Å². The van der Waals surface area contributed by atoms with Crippen LogP contribution in [-0.4, -0.2) is 13.1 Å². The average Bonchev–Trinajstić information content (AvgIpc) is 2.28. The van der Waals surface area contributed by atoms with E-state index in [-0.39, 0.29) is 5.97 Å². The number of hydrogen-bond acceptors (Lipinski definition) is 2. The summed E-state index contributed by atoms with van der Waals surface area (Å²) in [6.07, 6.45) is 10.7. The highest BCUT2D eigenvalue weighted by molar-refractivity contribution is 5.68. The Morgan fingerprint density at radius 1 is 1.06 bits per heavy atom. The van der Waals surface area contributed by atoms with Crippen LogP contribution >= 0.6 is 0 Å². The summed E-state index contributed by atoms with van der Waals surface area (Å²) < 4.78 is 4.60. The molecule has 0 aliphatic carbocycles. The normalized spacial score (nSPS) is 12.4. The van der Waals surface area contributed by atoms with Gasteiger partial charge in [0.1, 0.15) is 0 Å². The summed E-state index contributed by atoms with van der Waals surface area (Å²) in [6, 6.07) is 0. The molecule has 0 spiro atoms. The Morgan fingerprint density at radius 2 is 1.69 bits per heavy atom. The van der Waals surface area contributed by atoms with E-state index in [0.717, 1.165) is 18.8 Å². The van der Waals surface area contributed by atoms with Gasteiger partial charge in [-0.2, -0.15) is 0 Å². The molecule has 0 aromatic carbocycles. The van der Waals surface area contributed by atoms with Gasteiger partial charge in [0.2, 0.25) is 0 Å². The summed E-state index contributed by atoms with van der Waals surface area (Å²) in [5, 5.41) is 0. The van der Waals surface area contributed by atoms with Crippen molar-refractivity contribution in [2.75, 3.05) is 7.11 Å². The van der Waals surface area contributed by atoms with Gasteiger partial charge in [-0.25, -0.2) is 0 Å². The third-order valence-electron chi connectivity index (χ3n) is 3.11. The molecule has 0 radical (unpaired) electrons. The van der Waals surface area contributed by atoms with Gasteiger partial charge in [-0.3, -0.25) is 4.79 Å². The maximum atomic E-state index is 10.9. The molecule has 0 aromatic heterocycles. The van der Waals surface area contributed by atoms with Gasteiger partial charge in [0, 0.05) is 6.42 Å². The standard InChI is InChI=1S/C14H28O2/c1-4-5-7-10-13(2)11-8-6-9-12-14(15)16-3/h13H,4-12H2,1-3H3. The van der Waals surface area contributed by atoms with E-state index < -0.39 is 0 Å². The van der Waals surface area contributed by atoms with Crippen LogP contribution in [0.15, 0.2) is 0 Å². The fourth-order valence-corrected chi connectivity index (χ4v) is 1.93. The first kappa shape index (κ1) is 15.5. The smallest absolute Gasteiger partial charge is 0.305 e. The second kappa shape index (κ2) is 11.0. The van der Waals surface area contributed by atoms with Crippen molar-refractivity contribution < 1.29 is 9.53 Å². The van der Waals surface area contributed by atoms with Crippen LogP contribution in [0.5, 0.6) is 0 Å². The molecule has 2 nitrogen and oxygen atoms in total. The fraction of sp³-hybridized carbons (Fsp3) is 0.929. The van der Waals surface area contributed by atoms with Crippen LogP contribution in [0.4, 0.5) is 0 Å². The van der Waals surface area contributed by atoms with Crippen LogP contribution < -0.4 is 0 Å². The number of hydrogen-bond donors (Lipinski definition) is 0. The van der Waals surface area contributed by atoms with Crippen molar-refractivity contribution in [1.29, 1.82) is 0 Å². The highest BCUT2D eigenvalue weighted by atomic mass is 16.5. The van der Waals surface area contributed by atoms with Crippen molar-refractivity contribution in [3.8, 4) is 0 Å². The number of methoxy groups -OCH3 is 1. The van der Waals surface area contributed by atoms with E-state index >= 15 is 0 Å². The highest BCUT2D eigenvalue weighted by Crippen LogP contribution is 2.16. The Bertz CT molecular complexity index is 166. The molecule has 0 bridgehead atoms. The summed E-state index contributed by atoms with van der Waals surface area (Å²) in [5.74, 6) is 0.778. The summed E-state index contributed by atoms with van der Waals surface area (Å²) in [6.45, 7) is 4.59. The van der Waals surface area contributed by atoms with E-state index in [1.807, 2.05) is 0 Å². The van der Waals surface area contributed by atoms with Gasteiger partial charge < -0.3 is 4.74 Å². The van der Waals surface area contributed by atoms with Gasteiger partial charge >= 0.3 is 5.97 Å². The van der Waals surface area contributed by atoms with Crippen LogP contribution in [0.1, 0.15) is 71.6 Å². The molecule has 0 aliphatic heterocycles. The Balaban J connectivity index is 3.21. The van der Waals surface area contributed by atoms with E-state index in [1.165, 1.54) is 45.6 Å². The van der Waals surface area contributed by atoms with E-state index in [1.54, 1.807) is 0 Å². The van der Waals surface area contributed by atoms with Gasteiger partial charge in [0.25, 0.3) is 0 Å². The quantitative estimate of drug-likeness (QED) is 0.411. The number of ether oxygens (including phenoxy) is 1. The number of carbonyl (C=O) groups is 1. The maximum Gasteiger partial charge on any atom is 0.305 e. The number of unbranched alkanes of at least 4 members (excludes halogenated alkanes) is 4. The van der Waals surface area contributed by atoms with Gasteiger partial charge in [0.05, 0.1) is 7.11 Å². The van der Waals surface area contributed by atoms with E-state index in [9.17, 15) is 4.79 Å². The zero-order valence-corrected chi connectivity index (χ0v) is 11.3. The molecule has 0 saturated heterocycles. The predicted octanol–water partition coefficient (Wildman–Crippen LogP) is 4.33. The molecule has 16 heavy (non-hydrogen) atoms. The first-order chi connectivity index (χ1) is 7.70. The molecule has 0 fully saturated rings. The highest BCUT2D eigenvalue weighted by Gasteiger charge is 2.03. The van der Waals surface area contributed by atoms with Gasteiger partial charge in [-0.05, 0) is 12.3 Å². The van der Waals surface area contributed by atoms with Crippen molar-refractivity contribution in [3.05, 3.63) is 0 Å². The summed E-state index contributed by atoms with van der Waals surface area (Å²) >= 11 is 0. The average molecular weight is 228 g/mol. The van der Waals surface area contributed by atoms with Crippen LogP contribution in [-0.2, 0) is 9.53 Å². The largest absolute Gasteiger partial charge is 0.469 e. The molecule has 96 valence electrons. The van der Waals surface area contributed by atoms with Crippen LogP contribution in [0, 0.1) is 5.92 Å².